The van der Waals surface area contributed by atoms with E-state index in [-0.39, 0.29) is 18.4 Å². The van der Waals surface area contributed by atoms with Crippen molar-refractivity contribution in [3.63, 3.8) is 0 Å². The van der Waals surface area contributed by atoms with Gasteiger partial charge in [-0.2, -0.15) is 0 Å². The van der Waals surface area contributed by atoms with E-state index in [0.717, 1.165) is 10.9 Å². The number of nitrogens with one attached hydrogen (secondary N) is 3. The number of aromatic nitrogens is 1. The zero-order valence-corrected chi connectivity index (χ0v) is 10.1. The van der Waals surface area contributed by atoms with Gasteiger partial charge in [-0.05, 0) is 13.0 Å². The summed E-state index contributed by atoms with van der Waals surface area (Å²) in [6, 6.07) is 7.54. The summed E-state index contributed by atoms with van der Waals surface area (Å²) in [5.41, 5.74) is 1.45. The molecule has 0 aliphatic rings. The molecule has 2 aromatic rings. The van der Waals surface area contributed by atoms with Crippen molar-refractivity contribution < 1.29 is 9.59 Å². The fourth-order valence-corrected chi connectivity index (χ4v) is 1.77. The van der Waals surface area contributed by atoms with Crippen LogP contribution in [0.15, 0.2) is 30.5 Å². The van der Waals surface area contributed by atoms with E-state index in [1.54, 1.807) is 6.20 Å². The second-order valence-electron chi connectivity index (χ2n) is 3.88. The van der Waals surface area contributed by atoms with Gasteiger partial charge in [-0.15, -0.1) is 0 Å². The van der Waals surface area contributed by atoms with Crippen LogP contribution in [0.25, 0.3) is 10.9 Å². The predicted molar refractivity (Wildman–Crippen MR) is 69.3 cm³/mol. The van der Waals surface area contributed by atoms with E-state index >= 15 is 0 Å². The highest BCUT2D eigenvalue weighted by atomic mass is 16.2. The summed E-state index contributed by atoms with van der Waals surface area (Å²) in [4.78, 5) is 26.2. The van der Waals surface area contributed by atoms with Gasteiger partial charge in [-0.3, -0.25) is 9.59 Å². The molecule has 5 nitrogen and oxygen atoms in total. The molecule has 18 heavy (non-hydrogen) atoms. The van der Waals surface area contributed by atoms with Crippen molar-refractivity contribution >= 4 is 22.7 Å². The molecule has 0 unspecified atom stereocenters. The van der Waals surface area contributed by atoms with Crippen molar-refractivity contribution in [2.75, 3.05) is 13.1 Å². The molecule has 2 amide bonds. The molecule has 0 radical (unpaired) electrons. The van der Waals surface area contributed by atoms with Crippen molar-refractivity contribution in [3.05, 3.63) is 36.0 Å². The van der Waals surface area contributed by atoms with Crippen LogP contribution in [0.2, 0.25) is 0 Å². The molecule has 2 rings (SSSR count). The zero-order valence-electron chi connectivity index (χ0n) is 10.1. The lowest BCUT2D eigenvalue weighted by molar-refractivity contribution is -0.120. The van der Waals surface area contributed by atoms with Gasteiger partial charge in [0.2, 0.25) is 5.91 Å². The zero-order chi connectivity index (χ0) is 13.0. The first kappa shape index (κ1) is 12.2. The highest BCUT2D eigenvalue weighted by Crippen LogP contribution is 2.17. The van der Waals surface area contributed by atoms with E-state index in [0.29, 0.717) is 12.1 Å². The molecule has 3 N–H and O–H groups in total. The largest absolute Gasteiger partial charge is 0.360 e. The maximum atomic E-state index is 11.9. The normalized spacial score (nSPS) is 10.3. The molecule has 0 fully saturated rings. The molecule has 94 valence electrons. The van der Waals surface area contributed by atoms with E-state index in [1.807, 2.05) is 31.2 Å². The lowest BCUT2D eigenvalue weighted by Crippen LogP contribution is -2.36. The number of carbonyl (C=O) groups is 2. The first-order valence-electron chi connectivity index (χ1n) is 5.83. The molecule has 0 saturated heterocycles. The molecule has 0 saturated carbocycles. The van der Waals surface area contributed by atoms with Crippen molar-refractivity contribution in [3.8, 4) is 0 Å². The second kappa shape index (κ2) is 5.35. The number of amides is 2. The Morgan fingerprint density at radius 2 is 2.00 bits per heavy atom. The van der Waals surface area contributed by atoms with Crippen LogP contribution in [0.3, 0.4) is 0 Å². The highest BCUT2D eigenvalue weighted by molar-refractivity contribution is 6.07. The first-order chi connectivity index (χ1) is 8.72. The number of rotatable bonds is 4. The number of benzene rings is 1. The van der Waals surface area contributed by atoms with Gasteiger partial charge in [0.15, 0.2) is 0 Å². The Kier molecular flexibility index (Phi) is 3.62. The SMILES string of the molecule is CCNC(=O)CNC(=O)c1c[nH]c2ccccc12. The maximum Gasteiger partial charge on any atom is 0.253 e. The summed E-state index contributed by atoms with van der Waals surface area (Å²) >= 11 is 0. The Bertz CT molecular complexity index is 574. The van der Waals surface area contributed by atoms with E-state index in [4.69, 9.17) is 0 Å². The minimum atomic E-state index is -0.251. The average Bonchev–Trinajstić information content (AvgIpc) is 2.80. The quantitative estimate of drug-likeness (QED) is 0.752. The van der Waals surface area contributed by atoms with Crippen LogP contribution < -0.4 is 10.6 Å². The van der Waals surface area contributed by atoms with E-state index in [2.05, 4.69) is 15.6 Å². The number of carbonyl (C=O) groups excluding carboxylic acids is 2. The van der Waals surface area contributed by atoms with E-state index < -0.39 is 0 Å². The van der Waals surface area contributed by atoms with Gasteiger partial charge in [-0.1, -0.05) is 18.2 Å². The third-order valence-corrected chi connectivity index (χ3v) is 2.62. The molecule has 0 bridgehead atoms. The van der Waals surface area contributed by atoms with Crippen LogP contribution in [0.4, 0.5) is 0 Å². The van der Waals surface area contributed by atoms with Gasteiger partial charge < -0.3 is 15.6 Å². The van der Waals surface area contributed by atoms with Gasteiger partial charge in [0.05, 0.1) is 12.1 Å². The molecule has 0 aliphatic carbocycles. The summed E-state index contributed by atoms with van der Waals surface area (Å²) < 4.78 is 0. The lowest BCUT2D eigenvalue weighted by Gasteiger charge is -2.04. The van der Waals surface area contributed by atoms with E-state index in [9.17, 15) is 9.59 Å². The van der Waals surface area contributed by atoms with Crippen LogP contribution in [-0.4, -0.2) is 29.9 Å². The summed E-state index contributed by atoms with van der Waals surface area (Å²) in [5.74, 6) is -0.440. The summed E-state index contributed by atoms with van der Waals surface area (Å²) in [7, 11) is 0. The van der Waals surface area contributed by atoms with Crippen LogP contribution in [0, 0.1) is 0 Å². The smallest absolute Gasteiger partial charge is 0.253 e. The molecular weight excluding hydrogens is 230 g/mol. The number of fused-ring (bicyclic) bond motifs is 1. The molecular formula is C13H15N3O2. The van der Waals surface area contributed by atoms with Gasteiger partial charge >= 0.3 is 0 Å². The number of likely N-dealkylation sites (N-methyl/N-ethyl adjacent to an activating group) is 1. The number of hydrogen-bond donors (Lipinski definition) is 3. The van der Waals surface area contributed by atoms with Gasteiger partial charge in [0.25, 0.3) is 5.91 Å². The minimum absolute atomic E-state index is 0.00776. The Hall–Kier alpha value is -2.30. The number of H-pyrrole nitrogens is 1. The minimum Gasteiger partial charge on any atom is -0.360 e. The summed E-state index contributed by atoms with van der Waals surface area (Å²) in [6.07, 6.45) is 1.65. The molecule has 0 aliphatic heterocycles. The second-order valence-corrected chi connectivity index (χ2v) is 3.88. The van der Waals surface area contributed by atoms with Crippen LogP contribution in [0.5, 0.6) is 0 Å². The predicted octanol–water partition coefficient (Wildman–Crippen LogP) is 1.03. The Balaban J connectivity index is 2.07. The Labute approximate surface area is 105 Å². The first-order valence-corrected chi connectivity index (χ1v) is 5.83. The van der Waals surface area contributed by atoms with Crippen LogP contribution in [-0.2, 0) is 4.79 Å². The molecule has 1 aromatic carbocycles. The number of para-hydroxylation sites is 1. The third kappa shape index (κ3) is 2.51. The van der Waals surface area contributed by atoms with Gasteiger partial charge in [0, 0.05) is 23.6 Å². The summed E-state index contributed by atoms with van der Waals surface area (Å²) in [6.45, 7) is 2.38. The van der Waals surface area contributed by atoms with Crippen molar-refractivity contribution in [1.82, 2.24) is 15.6 Å². The molecule has 5 heteroatoms. The standard InChI is InChI=1S/C13H15N3O2/c1-2-14-12(17)8-16-13(18)10-7-15-11-6-4-3-5-9(10)11/h3-7,15H,2,8H2,1H3,(H,14,17)(H,16,18). The maximum absolute atomic E-state index is 11.9. The monoisotopic (exact) mass is 245 g/mol. The fourth-order valence-electron chi connectivity index (χ4n) is 1.77. The van der Waals surface area contributed by atoms with Gasteiger partial charge in [0.1, 0.15) is 0 Å². The van der Waals surface area contributed by atoms with Crippen LogP contribution in [0.1, 0.15) is 17.3 Å². The molecule has 0 spiro atoms. The van der Waals surface area contributed by atoms with E-state index in [1.165, 1.54) is 0 Å². The average molecular weight is 245 g/mol. The molecule has 1 heterocycles. The van der Waals surface area contributed by atoms with Crippen molar-refractivity contribution in [2.24, 2.45) is 0 Å². The van der Waals surface area contributed by atoms with Crippen molar-refractivity contribution in [2.45, 2.75) is 6.92 Å². The van der Waals surface area contributed by atoms with Crippen LogP contribution >= 0.6 is 0 Å². The highest BCUT2D eigenvalue weighted by Gasteiger charge is 2.12. The Morgan fingerprint density at radius 3 is 2.78 bits per heavy atom. The number of hydrogen-bond acceptors (Lipinski definition) is 2. The number of aromatic amines is 1. The molecule has 1 aromatic heterocycles. The Morgan fingerprint density at radius 1 is 1.22 bits per heavy atom. The lowest BCUT2D eigenvalue weighted by atomic mass is 10.1. The third-order valence-electron chi connectivity index (χ3n) is 2.62. The van der Waals surface area contributed by atoms with Crippen molar-refractivity contribution in [1.29, 1.82) is 0 Å². The topological polar surface area (TPSA) is 74.0 Å². The fraction of sp³-hybridized carbons (Fsp3) is 0.231. The molecule has 0 atom stereocenters. The summed E-state index contributed by atoms with van der Waals surface area (Å²) in [5, 5.41) is 6.07. The van der Waals surface area contributed by atoms with Gasteiger partial charge in [-0.25, -0.2) is 0 Å².